The van der Waals surface area contributed by atoms with Crippen molar-refractivity contribution in [2.45, 2.75) is 27.2 Å². The monoisotopic (exact) mass is 270 g/mol. The number of carbonyl (C=O) groups excluding carboxylic acids is 3. The van der Waals surface area contributed by atoms with Gasteiger partial charge in [0, 0.05) is 5.57 Å². The van der Waals surface area contributed by atoms with Crippen molar-refractivity contribution >= 4 is 17.5 Å². The largest absolute Gasteiger partial charge is 0.461 e. The SMILES string of the molecule is CC(C)=CCC1=C2OC(C)=CC=C2C(=O)C(=C=O)C1=O. The Morgan fingerprint density at radius 3 is 2.55 bits per heavy atom. The van der Waals surface area contributed by atoms with Crippen molar-refractivity contribution in [3.05, 3.63) is 52.0 Å². The van der Waals surface area contributed by atoms with Crippen LogP contribution in [0.15, 0.2) is 52.0 Å². The number of fused-ring (bicyclic) bond motifs is 1. The quantitative estimate of drug-likeness (QED) is 0.334. The first-order chi connectivity index (χ1) is 9.45. The molecule has 0 spiro atoms. The fraction of sp³-hybridized carbons (Fsp3) is 0.250. The van der Waals surface area contributed by atoms with Gasteiger partial charge >= 0.3 is 0 Å². The van der Waals surface area contributed by atoms with Crippen LogP contribution in [-0.2, 0) is 19.1 Å². The molecule has 2 rings (SSSR count). The van der Waals surface area contributed by atoms with Crippen LogP contribution in [0.3, 0.4) is 0 Å². The Hall–Kier alpha value is -2.45. The highest BCUT2D eigenvalue weighted by molar-refractivity contribution is 6.38. The smallest absolute Gasteiger partial charge is 0.211 e. The second-order valence-corrected chi connectivity index (χ2v) is 4.89. The zero-order chi connectivity index (χ0) is 14.9. The van der Waals surface area contributed by atoms with Gasteiger partial charge in [0.15, 0.2) is 5.57 Å². The highest BCUT2D eigenvalue weighted by Crippen LogP contribution is 2.34. The lowest BCUT2D eigenvalue weighted by atomic mass is 9.84. The van der Waals surface area contributed by atoms with Crippen molar-refractivity contribution in [2.24, 2.45) is 0 Å². The van der Waals surface area contributed by atoms with Gasteiger partial charge in [-0.1, -0.05) is 11.6 Å². The molecule has 4 nitrogen and oxygen atoms in total. The summed E-state index contributed by atoms with van der Waals surface area (Å²) in [5.41, 5.74) is 1.15. The number of allylic oxidation sites excluding steroid dienone is 8. The molecule has 102 valence electrons. The molecule has 0 bridgehead atoms. The van der Waals surface area contributed by atoms with Gasteiger partial charge in [0.05, 0.1) is 5.57 Å². The average Bonchev–Trinajstić information content (AvgIpc) is 2.38. The topological polar surface area (TPSA) is 60.4 Å². The van der Waals surface area contributed by atoms with E-state index >= 15 is 0 Å². The number of rotatable bonds is 2. The molecule has 2 aliphatic rings. The number of ketones is 2. The van der Waals surface area contributed by atoms with Gasteiger partial charge in [0.25, 0.3) is 0 Å². The molecular weight excluding hydrogens is 256 g/mol. The van der Waals surface area contributed by atoms with Crippen LogP contribution in [0.4, 0.5) is 0 Å². The van der Waals surface area contributed by atoms with Crippen molar-refractivity contribution in [1.82, 2.24) is 0 Å². The molecule has 4 heteroatoms. The molecule has 0 aromatic rings. The minimum Gasteiger partial charge on any atom is -0.461 e. The maximum atomic E-state index is 12.2. The zero-order valence-corrected chi connectivity index (χ0v) is 11.6. The molecule has 1 heterocycles. The molecule has 0 amide bonds. The maximum absolute atomic E-state index is 12.2. The second kappa shape index (κ2) is 5.27. The second-order valence-electron chi connectivity index (χ2n) is 4.89. The van der Waals surface area contributed by atoms with E-state index in [4.69, 9.17) is 4.74 Å². The van der Waals surface area contributed by atoms with Gasteiger partial charge in [-0.25, -0.2) is 4.79 Å². The van der Waals surface area contributed by atoms with E-state index in [0.717, 1.165) is 5.57 Å². The van der Waals surface area contributed by atoms with E-state index < -0.39 is 17.1 Å². The summed E-state index contributed by atoms with van der Waals surface area (Å²) in [6.45, 7) is 5.55. The Balaban J connectivity index is 2.63. The fourth-order valence-electron chi connectivity index (χ4n) is 2.01. The van der Waals surface area contributed by atoms with Crippen LogP contribution in [0.5, 0.6) is 0 Å². The van der Waals surface area contributed by atoms with Gasteiger partial charge in [-0.15, -0.1) is 0 Å². The fourth-order valence-corrected chi connectivity index (χ4v) is 2.01. The molecular formula is C16H14O4. The highest BCUT2D eigenvalue weighted by atomic mass is 16.5. The van der Waals surface area contributed by atoms with Crippen LogP contribution in [0, 0.1) is 0 Å². The molecule has 1 aliphatic carbocycles. The first-order valence-electron chi connectivity index (χ1n) is 6.23. The summed E-state index contributed by atoms with van der Waals surface area (Å²) in [5.74, 6) is 1.10. The van der Waals surface area contributed by atoms with Crippen LogP contribution in [-0.4, -0.2) is 17.5 Å². The molecule has 0 unspecified atom stereocenters. The molecule has 20 heavy (non-hydrogen) atoms. The normalized spacial score (nSPS) is 17.9. The summed E-state index contributed by atoms with van der Waals surface area (Å²) in [7, 11) is 0. The van der Waals surface area contributed by atoms with Crippen LogP contribution in [0.1, 0.15) is 27.2 Å². The van der Waals surface area contributed by atoms with E-state index in [1.807, 2.05) is 19.9 Å². The van der Waals surface area contributed by atoms with Gasteiger partial charge in [-0.2, -0.15) is 0 Å². The van der Waals surface area contributed by atoms with E-state index in [1.54, 1.807) is 19.1 Å². The molecule has 0 aromatic heterocycles. The Kier molecular flexibility index (Phi) is 3.68. The Morgan fingerprint density at radius 2 is 1.95 bits per heavy atom. The van der Waals surface area contributed by atoms with Gasteiger partial charge in [0.2, 0.25) is 11.6 Å². The standard InChI is InChI=1S/C16H14O4/c1-9(2)4-6-11-14(18)13(8-17)15(19)12-7-5-10(3)20-16(11)12/h4-5,7H,6H2,1-3H3. The van der Waals surface area contributed by atoms with E-state index in [-0.39, 0.29) is 11.3 Å². The summed E-state index contributed by atoms with van der Waals surface area (Å²) in [6.07, 6.45) is 5.38. The van der Waals surface area contributed by atoms with Crippen molar-refractivity contribution in [3.63, 3.8) is 0 Å². The van der Waals surface area contributed by atoms with Crippen molar-refractivity contribution in [2.75, 3.05) is 0 Å². The molecule has 0 aromatic carbocycles. The Bertz CT molecular complexity index is 673. The first kappa shape index (κ1) is 14.0. The van der Waals surface area contributed by atoms with Crippen molar-refractivity contribution < 1.29 is 19.1 Å². The third-order valence-corrected chi connectivity index (χ3v) is 3.06. The maximum Gasteiger partial charge on any atom is 0.211 e. The lowest BCUT2D eigenvalue weighted by Crippen LogP contribution is -2.27. The van der Waals surface area contributed by atoms with Crippen LogP contribution in [0.2, 0.25) is 0 Å². The van der Waals surface area contributed by atoms with Crippen molar-refractivity contribution in [1.29, 1.82) is 0 Å². The molecule has 0 fully saturated rings. The number of hydrogen-bond acceptors (Lipinski definition) is 4. The van der Waals surface area contributed by atoms with Crippen molar-refractivity contribution in [3.8, 4) is 0 Å². The van der Waals surface area contributed by atoms with Crippen LogP contribution >= 0.6 is 0 Å². The molecule has 0 N–H and O–H groups in total. The lowest BCUT2D eigenvalue weighted by Gasteiger charge is -2.23. The van der Waals surface area contributed by atoms with Crippen LogP contribution in [0.25, 0.3) is 0 Å². The average molecular weight is 270 g/mol. The number of hydrogen-bond donors (Lipinski definition) is 0. The third kappa shape index (κ3) is 2.33. The molecule has 0 atom stereocenters. The minimum atomic E-state index is -0.621. The lowest BCUT2D eigenvalue weighted by molar-refractivity contribution is -0.118. The van der Waals surface area contributed by atoms with Crippen LogP contribution < -0.4 is 0 Å². The van der Waals surface area contributed by atoms with Gasteiger partial charge in [-0.3, -0.25) is 9.59 Å². The van der Waals surface area contributed by atoms with Gasteiger partial charge in [0.1, 0.15) is 17.5 Å². The summed E-state index contributed by atoms with van der Waals surface area (Å²) in [4.78, 5) is 35.1. The van der Waals surface area contributed by atoms with E-state index in [0.29, 0.717) is 17.8 Å². The minimum absolute atomic E-state index is 0.241. The molecule has 1 aliphatic heterocycles. The Morgan fingerprint density at radius 1 is 1.25 bits per heavy atom. The first-order valence-corrected chi connectivity index (χ1v) is 6.23. The molecule has 0 saturated heterocycles. The summed E-state index contributed by atoms with van der Waals surface area (Å²) >= 11 is 0. The Labute approximate surface area is 116 Å². The van der Waals surface area contributed by atoms with Gasteiger partial charge in [-0.05, 0) is 39.3 Å². The summed E-state index contributed by atoms with van der Waals surface area (Å²) in [5, 5.41) is 0. The van der Waals surface area contributed by atoms with E-state index in [9.17, 15) is 14.4 Å². The third-order valence-electron chi connectivity index (χ3n) is 3.06. The number of ether oxygens (including phenoxy) is 1. The highest BCUT2D eigenvalue weighted by Gasteiger charge is 2.37. The summed E-state index contributed by atoms with van der Waals surface area (Å²) < 4.78 is 5.53. The summed E-state index contributed by atoms with van der Waals surface area (Å²) in [6, 6.07) is 0. The number of Topliss-reactive ketones (excluding diaryl/α,β-unsaturated/α-hetero) is 2. The number of carbonyl (C=O) groups is 2. The molecule has 0 radical (unpaired) electrons. The zero-order valence-electron chi connectivity index (χ0n) is 11.6. The molecule has 0 saturated carbocycles. The van der Waals surface area contributed by atoms with E-state index in [2.05, 4.69) is 0 Å². The van der Waals surface area contributed by atoms with Gasteiger partial charge < -0.3 is 4.74 Å². The predicted molar refractivity (Wildman–Crippen MR) is 73.2 cm³/mol. The van der Waals surface area contributed by atoms with E-state index in [1.165, 1.54) is 5.94 Å². The predicted octanol–water partition coefficient (Wildman–Crippen LogP) is 2.37.